The molecule has 0 aliphatic heterocycles. The second-order valence-corrected chi connectivity index (χ2v) is 8.96. The summed E-state index contributed by atoms with van der Waals surface area (Å²) in [6.07, 6.45) is 2.68. The highest BCUT2D eigenvalue weighted by molar-refractivity contribution is 7.11. The molecule has 5 nitrogen and oxygen atoms in total. The van der Waals surface area contributed by atoms with E-state index < -0.39 is 0 Å². The summed E-state index contributed by atoms with van der Waals surface area (Å²) in [5.41, 5.74) is 5.33. The first-order chi connectivity index (χ1) is 15.4. The number of allylic oxidation sites excluding steroid dienone is 1. The number of nitrogens with zero attached hydrogens (tertiary/aromatic N) is 2. The van der Waals surface area contributed by atoms with E-state index in [1.807, 2.05) is 24.4 Å². The topological polar surface area (TPSA) is 78.9 Å². The Bertz CT molecular complexity index is 1390. The smallest absolute Gasteiger partial charge is 0.336 e. The van der Waals surface area contributed by atoms with Crippen LogP contribution in [0.1, 0.15) is 30.0 Å². The van der Waals surface area contributed by atoms with Crippen LogP contribution in [0.15, 0.2) is 69.3 Å². The van der Waals surface area contributed by atoms with Gasteiger partial charge in [0.25, 0.3) is 0 Å². The van der Waals surface area contributed by atoms with Crippen LogP contribution in [0.3, 0.4) is 0 Å². The fraction of sp³-hybridized carbons (Fsp3) is 0.192. The van der Waals surface area contributed by atoms with Crippen molar-refractivity contribution in [3.8, 4) is 17.3 Å². The van der Waals surface area contributed by atoms with Crippen LogP contribution < -0.4 is 10.9 Å². The van der Waals surface area contributed by atoms with Crippen LogP contribution in [-0.2, 0) is 6.42 Å². The average molecular weight is 442 g/mol. The standard InChI is InChI=1S/C26H23N3O2S/c1-16(2)10-18-4-6-19(7-5-18)23-15-32-26(29-23)20(13-27)14-28-21-8-9-22-17(3)11-25(30)31-24(22)12-21/h4-9,11-12,14-16,28H,10H2,1-3H3. The minimum atomic E-state index is -0.382. The molecule has 0 saturated heterocycles. The predicted molar refractivity (Wildman–Crippen MR) is 131 cm³/mol. The molecular formula is C26H23N3O2S. The van der Waals surface area contributed by atoms with Gasteiger partial charge in [-0.05, 0) is 42.5 Å². The third-order valence-electron chi connectivity index (χ3n) is 5.08. The number of aryl methyl sites for hydroxylation is 1. The summed E-state index contributed by atoms with van der Waals surface area (Å²) in [7, 11) is 0. The molecule has 4 rings (SSSR count). The van der Waals surface area contributed by atoms with E-state index >= 15 is 0 Å². The van der Waals surface area contributed by atoms with Crippen LogP contribution >= 0.6 is 11.3 Å². The summed E-state index contributed by atoms with van der Waals surface area (Å²) in [5, 5.41) is 16.3. The van der Waals surface area contributed by atoms with Crippen molar-refractivity contribution in [3.05, 3.63) is 86.7 Å². The molecule has 2 aromatic heterocycles. The maximum atomic E-state index is 11.6. The molecule has 0 spiro atoms. The molecule has 4 aromatic rings. The van der Waals surface area contributed by atoms with Gasteiger partial charge in [0, 0.05) is 40.3 Å². The van der Waals surface area contributed by atoms with E-state index in [1.54, 1.807) is 12.3 Å². The third kappa shape index (κ3) is 4.79. The number of benzene rings is 2. The van der Waals surface area contributed by atoms with Gasteiger partial charge < -0.3 is 9.73 Å². The van der Waals surface area contributed by atoms with E-state index in [-0.39, 0.29) is 5.63 Å². The Morgan fingerprint density at radius 1 is 1.22 bits per heavy atom. The van der Waals surface area contributed by atoms with Gasteiger partial charge in [-0.2, -0.15) is 5.26 Å². The van der Waals surface area contributed by atoms with Gasteiger partial charge in [-0.1, -0.05) is 38.1 Å². The number of hydrogen-bond acceptors (Lipinski definition) is 6. The molecule has 160 valence electrons. The first kappa shape index (κ1) is 21.5. The molecule has 0 aliphatic carbocycles. The highest BCUT2D eigenvalue weighted by atomic mass is 32.1. The van der Waals surface area contributed by atoms with Gasteiger partial charge in [0.1, 0.15) is 22.2 Å². The van der Waals surface area contributed by atoms with Gasteiger partial charge in [-0.25, -0.2) is 9.78 Å². The Hall–Kier alpha value is -3.69. The number of aromatic nitrogens is 1. The van der Waals surface area contributed by atoms with Crippen LogP contribution in [0.2, 0.25) is 0 Å². The number of anilines is 1. The highest BCUT2D eigenvalue weighted by Crippen LogP contribution is 2.27. The Morgan fingerprint density at radius 3 is 2.72 bits per heavy atom. The molecular weight excluding hydrogens is 418 g/mol. The summed E-state index contributed by atoms with van der Waals surface area (Å²) in [6.45, 7) is 6.29. The van der Waals surface area contributed by atoms with Crippen molar-refractivity contribution in [2.45, 2.75) is 27.2 Å². The van der Waals surface area contributed by atoms with Crippen molar-refractivity contribution in [1.29, 1.82) is 5.26 Å². The highest BCUT2D eigenvalue weighted by Gasteiger charge is 2.10. The molecule has 0 radical (unpaired) electrons. The Morgan fingerprint density at radius 2 is 2.00 bits per heavy atom. The van der Waals surface area contributed by atoms with E-state index in [1.165, 1.54) is 23.0 Å². The molecule has 2 heterocycles. The molecule has 0 unspecified atom stereocenters. The number of hydrogen-bond donors (Lipinski definition) is 1. The van der Waals surface area contributed by atoms with Crippen molar-refractivity contribution in [1.82, 2.24) is 4.98 Å². The van der Waals surface area contributed by atoms with Crippen LogP contribution in [-0.4, -0.2) is 4.98 Å². The number of nitrogens with one attached hydrogen (secondary N) is 1. The number of fused-ring (bicyclic) bond motifs is 1. The normalized spacial score (nSPS) is 11.7. The molecule has 2 aromatic carbocycles. The van der Waals surface area contributed by atoms with Crippen molar-refractivity contribution in [2.24, 2.45) is 5.92 Å². The Kier molecular flexibility index (Phi) is 6.20. The fourth-order valence-corrected chi connectivity index (χ4v) is 4.32. The van der Waals surface area contributed by atoms with Gasteiger partial charge in [0.15, 0.2) is 0 Å². The second-order valence-electron chi connectivity index (χ2n) is 8.11. The van der Waals surface area contributed by atoms with Crippen LogP contribution in [0.5, 0.6) is 0 Å². The van der Waals surface area contributed by atoms with Gasteiger partial charge in [0.05, 0.1) is 5.69 Å². The minimum absolute atomic E-state index is 0.382. The molecule has 0 aliphatic rings. The van der Waals surface area contributed by atoms with Gasteiger partial charge in [0.2, 0.25) is 0 Å². The quantitative estimate of drug-likeness (QED) is 0.277. The molecule has 0 amide bonds. The maximum Gasteiger partial charge on any atom is 0.336 e. The number of nitriles is 1. The molecule has 0 bridgehead atoms. The van der Waals surface area contributed by atoms with Crippen molar-refractivity contribution in [2.75, 3.05) is 5.32 Å². The van der Waals surface area contributed by atoms with Gasteiger partial charge in [-0.3, -0.25) is 0 Å². The van der Waals surface area contributed by atoms with E-state index in [9.17, 15) is 10.1 Å². The van der Waals surface area contributed by atoms with E-state index in [0.29, 0.717) is 22.1 Å². The zero-order valence-corrected chi connectivity index (χ0v) is 19.0. The zero-order chi connectivity index (χ0) is 22.7. The molecule has 32 heavy (non-hydrogen) atoms. The van der Waals surface area contributed by atoms with Crippen molar-refractivity contribution >= 4 is 33.6 Å². The lowest BCUT2D eigenvalue weighted by atomic mass is 10.0. The third-order valence-corrected chi connectivity index (χ3v) is 5.96. The lowest BCUT2D eigenvalue weighted by Gasteiger charge is -2.05. The Balaban J connectivity index is 1.54. The predicted octanol–water partition coefficient (Wildman–Crippen LogP) is 6.40. The maximum absolute atomic E-state index is 11.6. The molecule has 1 N–H and O–H groups in total. The summed E-state index contributed by atoms with van der Waals surface area (Å²) in [5.74, 6) is 0.616. The average Bonchev–Trinajstić information content (AvgIpc) is 3.24. The van der Waals surface area contributed by atoms with Gasteiger partial charge in [-0.15, -0.1) is 11.3 Å². The van der Waals surface area contributed by atoms with Crippen molar-refractivity contribution in [3.63, 3.8) is 0 Å². The molecule has 6 heteroatoms. The molecule has 0 fully saturated rings. The van der Waals surface area contributed by atoms with E-state index in [2.05, 4.69) is 54.5 Å². The number of rotatable bonds is 6. The SMILES string of the molecule is Cc1cc(=O)oc2cc(NC=C(C#N)c3nc(-c4ccc(CC(C)C)cc4)cs3)ccc12. The van der Waals surface area contributed by atoms with Crippen molar-refractivity contribution < 1.29 is 4.42 Å². The summed E-state index contributed by atoms with van der Waals surface area (Å²) < 4.78 is 5.29. The second kappa shape index (κ2) is 9.21. The monoisotopic (exact) mass is 441 g/mol. The molecule has 0 atom stereocenters. The fourth-order valence-electron chi connectivity index (χ4n) is 3.53. The zero-order valence-electron chi connectivity index (χ0n) is 18.2. The van der Waals surface area contributed by atoms with Crippen LogP contribution in [0.25, 0.3) is 27.8 Å². The van der Waals surface area contributed by atoms with Crippen LogP contribution in [0.4, 0.5) is 5.69 Å². The first-order valence-electron chi connectivity index (χ1n) is 10.4. The summed E-state index contributed by atoms with van der Waals surface area (Å²) in [6, 6.07) is 17.6. The number of thiazole rings is 1. The summed E-state index contributed by atoms with van der Waals surface area (Å²) in [4.78, 5) is 16.3. The van der Waals surface area contributed by atoms with Gasteiger partial charge >= 0.3 is 5.63 Å². The largest absolute Gasteiger partial charge is 0.423 e. The van der Waals surface area contributed by atoms with E-state index in [4.69, 9.17) is 4.42 Å². The first-order valence-corrected chi connectivity index (χ1v) is 11.3. The summed E-state index contributed by atoms with van der Waals surface area (Å²) >= 11 is 1.43. The van der Waals surface area contributed by atoms with E-state index in [0.717, 1.165) is 34.3 Å². The lowest BCUT2D eigenvalue weighted by molar-refractivity contribution is 0.560. The van der Waals surface area contributed by atoms with Crippen LogP contribution in [0, 0.1) is 24.2 Å². The lowest BCUT2D eigenvalue weighted by Crippen LogP contribution is -1.98. The molecule has 0 saturated carbocycles. The Labute approximate surface area is 190 Å². The minimum Gasteiger partial charge on any atom is -0.423 e.